The molecule has 0 aliphatic rings. The summed E-state index contributed by atoms with van der Waals surface area (Å²) in [7, 11) is 1.65. The van der Waals surface area contributed by atoms with Gasteiger partial charge in [-0.3, -0.25) is 0 Å². The van der Waals surface area contributed by atoms with E-state index in [4.69, 9.17) is 14.2 Å². The second-order valence-electron chi connectivity index (χ2n) is 6.00. The fourth-order valence-electron chi connectivity index (χ4n) is 2.65. The molecule has 28 heavy (non-hydrogen) atoms. The van der Waals surface area contributed by atoms with Crippen molar-refractivity contribution >= 4 is 22.7 Å². The maximum Gasteiger partial charge on any atom is 0.233 e. The second-order valence-corrected chi connectivity index (χ2v) is 6.00. The van der Waals surface area contributed by atoms with E-state index in [1.54, 1.807) is 7.11 Å². The molecule has 0 fully saturated rings. The van der Waals surface area contributed by atoms with E-state index >= 15 is 0 Å². The number of benzene rings is 2. The Labute approximate surface area is 162 Å². The predicted molar refractivity (Wildman–Crippen MR) is 108 cm³/mol. The summed E-state index contributed by atoms with van der Waals surface area (Å²) in [6.45, 7) is 1.06. The third kappa shape index (κ3) is 4.21. The summed E-state index contributed by atoms with van der Waals surface area (Å²) in [4.78, 5) is 12.2. The van der Waals surface area contributed by atoms with Crippen LogP contribution in [0.4, 0.5) is 11.6 Å². The van der Waals surface area contributed by atoms with Crippen LogP contribution >= 0.6 is 0 Å². The molecule has 0 radical (unpaired) electrons. The first kappa shape index (κ1) is 17.8. The highest BCUT2D eigenvalue weighted by molar-refractivity contribution is 5.82. The fraction of sp³-hybridized carbons (Fsp3) is 0.143. The predicted octanol–water partition coefficient (Wildman–Crippen LogP) is 4.52. The van der Waals surface area contributed by atoms with Crippen molar-refractivity contribution in [3.8, 4) is 17.4 Å². The molecule has 2 aromatic heterocycles. The Morgan fingerprint density at radius 3 is 2.50 bits per heavy atom. The number of hydrogen-bond acceptors (Lipinski definition) is 6. The summed E-state index contributed by atoms with van der Waals surface area (Å²) in [6.07, 6.45) is 1.81. The lowest BCUT2D eigenvalue weighted by molar-refractivity contribution is 0.146. The van der Waals surface area contributed by atoms with Gasteiger partial charge in [-0.15, -0.1) is 0 Å². The zero-order chi connectivity index (χ0) is 19.2. The van der Waals surface area contributed by atoms with Gasteiger partial charge >= 0.3 is 0 Å². The number of anilines is 2. The van der Waals surface area contributed by atoms with Crippen molar-refractivity contribution in [2.45, 2.75) is 0 Å². The molecule has 7 heteroatoms. The van der Waals surface area contributed by atoms with Gasteiger partial charge in [0.1, 0.15) is 23.8 Å². The van der Waals surface area contributed by atoms with Gasteiger partial charge in [-0.05, 0) is 42.5 Å². The Kier molecular flexibility index (Phi) is 5.35. The summed E-state index contributed by atoms with van der Waals surface area (Å²) in [5.41, 5.74) is 1.54. The smallest absolute Gasteiger partial charge is 0.233 e. The van der Waals surface area contributed by atoms with Crippen molar-refractivity contribution in [3.05, 3.63) is 66.9 Å². The first-order valence-corrected chi connectivity index (χ1v) is 8.89. The van der Waals surface area contributed by atoms with E-state index in [0.29, 0.717) is 36.4 Å². The van der Waals surface area contributed by atoms with Crippen molar-refractivity contribution in [2.24, 2.45) is 0 Å². The van der Waals surface area contributed by atoms with Gasteiger partial charge in [0.15, 0.2) is 0 Å². The topological polar surface area (TPSA) is 81.3 Å². The van der Waals surface area contributed by atoms with Gasteiger partial charge < -0.3 is 24.5 Å². The molecule has 142 valence electrons. The Morgan fingerprint density at radius 2 is 1.71 bits per heavy atom. The van der Waals surface area contributed by atoms with E-state index in [1.807, 2.05) is 66.9 Å². The van der Waals surface area contributed by atoms with Crippen molar-refractivity contribution < 1.29 is 14.2 Å². The van der Waals surface area contributed by atoms with Crippen LogP contribution in [0.3, 0.4) is 0 Å². The van der Waals surface area contributed by atoms with E-state index in [1.165, 1.54) is 0 Å². The number of ether oxygens (including phenoxy) is 3. The van der Waals surface area contributed by atoms with Crippen LogP contribution in [0.2, 0.25) is 0 Å². The lowest BCUT2D eigenvalue weighted by Gasteiger charge is -2.10. The number of H-pyrrole nitrogens is 1. The van der Waals surface area contributed by atoms with Crippen molar-refractivity contribution in [2.75, 3.05) is 25.6 Å². The minimum atomic E-state index is 0.439. The molecular formula is C21H20N4O3. The molecule has 0 amide bonds. The van der Waals surface area contributed by atoms with Crippen LogP contribution in [0.15, 0.2) is 66.9 Å². The number of aromatic nitrogens is 3. The van der Waals surface area contributed by atoms with E-state index in [0.717, 1.165) is 16.8 Å². The first-order chi connectivity index (χ1) is 13.8. The van der Waals surface area contributed by atoms with E-state index < -0.39 is 0 Å². The molecule has 4 aromatic rings. The molecule has 0 aliphatic carbocycles. The molecular weight excluding hydrogens is 356 g/mol. The normalized spacial score (nSPS) is 10.8. The van der Waals surface area contributed by atoms with Crippen LogP contribution in [0.5, 0.6) is 17.4 Å². The van der Waals surface area contributed by atoms with Gasteiger partial charge in [0.2, 0.25) is 11.8 Å². The van der Waals surface area contributed by atoms with Crippen LogP contribution in [-0.4, -0.2) is 35.3 Å². The highest BCUT2D eigenvalue weighted by atomic mass is 16.5. The van der Waals surface area contributed by atoms with Crippen LogP contribution in [0.25, 0.3) is 11.0 Å². The Bertz CT molecular complexity index is 1030. The van der Waals surface area contributed by atoms with Gasteiger partial charge in [-0.2, -0.15) is 9.97 Å². The van der Waals surface area contributed by atoms with Gasteiger partial charge in [0.05, 0.1) is 12.0 Å². The van der Waals surface area contributed by atoms with Gasteiger partial charge in [0.25, 0.3) is 0 Å². The molecule has 0 unspecified atom stereocenters. The lowest BCUT2D eigenvalue weighted by atomic mass is 10.3. The van der Waals surface area contributed by atoms with Crippen molar-refractivity contribution in [1.29, 1.82) is 0 Å². The molecule has 2 aromatic carbocycles. The largest absolute Gasteiger partial charge is 0.491 e. The summed E-state index contributed by atoms with van der Waals surface area (Å²) in [5.74, 6) is 2.41. The molecule has 0 atom stereocenters. The van der Waals surface area contributed by atoms with Gasteiger partial charge in [0, 0.05) is 19.0 Å². The van der Waals surface area contributed by atoms with Gasteiger partial charge in [-0.25, -0.2) is 0 Å². The summed E-state index contributed by atoms with van der Waals surface area (Å²) in [5, 5.41) is 4.02. The minimum Gasteiger partial charge on any atom is -0.491 e. The SMILES string of the molecule is COCCOc1ccc(Nc2nc(Oc3ccccc3)c3cc[nH]c3n2)cc1. The minimum absolute atomic E-state index is 0.439. The maximum atomic E-state index is 5.96. The van der Waals surface area contributed by atoms with E-state index in [2.05, 4.69) is 20.3 Å². The van der Waals surface area contributed by atoms with Crippen LogP contribution in [0.1, 0.15) is 0 Å². The highest BCUT2D eigenvalue weighted by Crippen LogP contribution is 2.29. The van der Waals surface area contributed by atoms with E-state index in [9.17, 15) is 0 Å². The number of fused-ring (bicyclic) bond motifs is 1. The lowest BCUT2D eigenvalue weighted by Crippen LogP contribution is -2.04. The average molecular weight is 376 g/mol. The molecule has 2 N–H and O–H groups in total. The monoisotopic (exact) mass is 376 g/mol. The molecule has 2 heterocycles. The molecule has 0 bridgehead atoms. The molecule has 0 spiro atoms. The third-order valence-electron chi connectivity index (χ3n) is 4.01. The van der Waals surface area contributed by atoms with Crippen LogP contribution in [-0.2, 0) is 4.74 Å². The Morgan fingerprint density at radius 1 is 0.893 bits per heavy atom. The van der Waals surface area contributed by atoms with Crippen LogP contribution in [0, 0.1) is 0 Å². The Balaban J connectivity index is 1.54. The van der Waals surface area contributed by atoms with Crippen molar-refractivity contribution in [1.82, 2.24) is 15.0 Å². The summed E-state index contributed by atoms with van der Waals surface area (Å²) >= 11 is 0. The number of rotatable bonds is 8. The van der Waals surface area contributed by atoms with Gasteiger partial charge in [-0.1, -0.05) is 18.2 Å². The number of methoxy groups -OCH3 is 1. The number of para-hydroxylation sites is 1. The Hall–Kier alpha value is -3.58. The zero-order valence-electron chi connectivity index (χ0n) is 15.4. The number of nitrogens with zero attached hydrogens (tertiary/aromatic N) is 2. The summed E-state index contributed by atoms with van der Waals surface area (Å²) in [6, 6.07) is 19.0. The zero-order valence-corrected chi connectivity index (χ0v) is 15.4. The average Bonchev–Trinajstić information content (AvgIpc) is 3.19. The number of nitrogens with one attached hydrogen (secondary N) is 2. The van der Waals surface area contributed by atoms with Crippen molar-refractivity contribution in [3.63, 3.8) is 0 Å². The first-order valence-electron chi connectivity index (χ1n) is 8.89. The highest BCUT2D eigenvalue weighted by Gasteiger charge is 2.11. The standard InChI is InChI=1S/C21H20N4O3/c1-26-13-14-27-16-9-7-15(8-10-16)23-21-24-19-18(11-12-22-19)20(25-21)28-17-5-3-2-4-6-17/h2-12H,13-14H2,1H3,(H2,22,23,24,25). The number of hydrogen-bond donors (Lipinski definition) is 2. The number of aromatic amines is 1. The van der Waals surface area contributed by atoms with Crippen LogP contribution < -0.4 is 14.8 Å². The quantitative estimate of drug-likeness (QED) is 0.440. The maximum absolute atomic E-state index is 5.96. The molecule has 4 rings (SSSR count). The molecule has 0 saturated heterocycles. The fourth-order valence-corrected chi connectivity index (χ4v) is 2.65. The molecule has 0 saturated carbocycles. The van der Waals surface area contributed by atoms with E-state index in [-0.39, 0.29) is 0 Å². The molecule has 0 aliphatic heterocycles. The molecule has 7 nitrogen and oxygen atoms in total. The summed E-state index contributed by atoms with van der Waals surface area (Å²) < 4.78 is 16.5. The third-order valence-corrected chi connectivity index (χ3v) is 4.01. The second kappa shape index (κ2) is 8.41.